The number of hydrogen-bond acceptors (Lipinski definition) is 13. The number of hydrogen-bond donors (Lipinski definition) is 0. The summed E-state index contributed by atoms with van der Waals surface area (Å²) >= 11 is 2.89. The number of rotatable bonds is 13. The van der Waals surface area contributed by atoms with E-state index in [1.54, 1.807) is 31.4 Å². The van der Waals surface area contributed by atoms with Crippen molar-refractivity contribution in [1.82, 2.24) is 4.98 Å². The van der Waals surface area contributed by atoms with Gasteiger partial charge in [-0.25, -0.2) is 4.98 Å². The van der Waals surface area contributed by atoms with Gasteiger partial charge in [-0.15, -0.1) is 22.7 Å². The lowest BCUT2D eigenvalue weighted by molar-refractivity contribution is -0.155. The molecular weight excluding hydrogens is 731 g/mol. The summed E-state index contributed by atoms with van der Waals surface area (Å²) in [6.07, 6.45) is 12.7. The number of allylic oxidation sites excluding steroid dienone is 3. The van der Waals surface area contributed by atoms with Crippen LogP contribution in [0.25, 0.3) is 20.1 Å². The normalized spacial score (nSPS) is 22.6. The number of carbonyl (C=O) groups is 4. The smallest absolute Gasteiger partial charge is 0.314 e. The fraction of sp³-hybridized carbons (Fsp3) is 0.390. The van der Waals surface area contributed by atoms with E-state index in [-0.39, 0.29) is 53.3 Å². The van der Waals surface area contributed by atoms with Crippen LogP contribution in [0.15, 0.2) is 90.5 Å². The van der Waals surface area contributed by atoms with Gasteiger partial charge < -0.3 is 28.4 Å². The number of ether oxygens (including phenoxy) is 6. The minimum Gasteiger partial charge on any atom is -0.497 e. The Balaban J connectivity index is 1.06. The first-order valence-electron chi connectivity index (χ1n) is 18.0. The molecule has 0 spiro atoms. The number of carbonyl (C=O) groups excluding carboxylic acids is 4. The highest BCUT2D eigenvalue weighted by Crippen LogP contribution is 2.43. The zero-order valence-electron chi connectivity index (χ0n) is 30.3. The van der Waals surface area contributed by atoms with Crippen LogP contribution in [0.1, 0.15) is 57.8 Å². The SMILES string of the molecule is C=C(/C=C\C(=C)OC(=O)[C@H]1CC[C@H](C(=O)Oc2ccc(OC(=O)[C@H]3CC[C@H](C(=O)OC4C=CC(OC)=CC4)CC3)c3nc(-c4cccs4)sc23)CC1)OC. The summed E-state index contributed by atoms with van der Waals surface area (Å²) in [5.74, 6) is -0.884. The zero-order valence-corrected chi connectivity index (χ0v) is 31.9. The number of aromatic nitrogens is 1. The van der Waals surface area contributed by atoms with Gasteiger partial charge in [0.15, 0.2) is 11.5 Å². The second-order valence-corrected chi connectivity index (χ2v) is 15.4. The molecule has 0 saturated heterocycles. The molecule has 54 heavy (non-hydrogen) atoms. The Morgan fingerprint density at radius 2 is 1.37 bits per heavy atom. The summed E-state index contributed by atoms with van der Waals surface area (Å²) in [5, 5.41) is 2.66. The molecule has 0 radical (unpaired) electrons. The van der Waals surface area contributed by atoms with E-state index in [0.29, 0.717) is 84.5 Å². The van der Waals surface area contributed by atoms with Gasteiger partial charge in [-0.05, 0) is 105 Å². The molecule has 2 fully saturated rings. The van der Waals surface area contributed by atoms with Crippen LogP contribution >= 0.6 is 22.7 Å². The van der Waals surface area contributed by atoms with Crippen molar-refractivity contribution in [2.24, 2.45) is 23.7 Å². The molecule has 3 aliphatic rings. The van der Waals surface area contributed by atoms with Crippen LogP contribution in [-0.4, -0.2) is 49.2 Å². The van der Waals surface area contributed by atoms with Gasteiger partial charge in [0.25, 0.3) is 0 Å². The third-order valence-corrected chi connectivity index (χ3v) is 12.0. The van der Waals surface area contributed by atoms with Crippen molar-refractivity contribution in [3.8, 4) is 21.4 Å². The van der Waals surface area contributed by atoms with Gasteiger partial charge in [-0.2, -0.15) is 0 Å². The fourth-order valence-corrected chi connectivity index (χ4v) is 8.54. The van der Waals surface area contributed by atoms with Crippen LogP contribution in [0.4, 0.5) is 0 Å². The molecule has 13 heteroatoms. The Morgan fingerprint density at radius 3 is 1.94 bits per heavy atom. The number of fused-ring (bicyclic) bond motifs is 1. The number of benzene rings is 1. The Bertz CT molecular complexity index is 1970. The highest BCUT2D eigenvalue weighted by atomic mass is 32.1. The molecule has 2 aromatic heterocycles. The van der Waals surface area contributed by atoms with E-state index in [2.05, 4.69) is 13.2 Å². The Morgan fingerprint density at radius 1 is 0.778 bits per heavy atom. The molecule has 0 aliphatic heterocycles. The van der Waals surface area contributed by atoms with E-state index in [1.165, 1.54) is 35.9 Å². The third kappa shape index (κ3) is 9.55. The molecule has 1 unspecified atom stereocenters. The highest BCUT2D eigenvalue weighted by molar-refractivity contribution is 7.25. The maximum Gasteiger partial charge on any atom is 0.314 e. The van der Waals surface area contributed by atoms with Crippen molar-refractivity contribution in [2.75, 3.05) is 14.2 Å². The van der Waals surface area contributed by atoms with E-state index >= 15 is 0 Å². The predicted molar refractivity (Wildman–Crippen MR) is 204 cm³/mol. The van der Waals surface area contributed by atoms with Gasteiger partial charge in [0.05, 0.1) is 42.8 Å². The van der Waals surface area contributed by atoms with Crippen LogP contribution in [0.2, 0.25) is 0 Å². The Hall–Kier alpha value is -5.01. The van der Waals surface area contributed by atoms with Crippen molar-refractivity contribution >= 4 is 56.8 Å². The predicted octanol–water partition coefficient (Wildman–Crippen LogP) is 8.62. The number of esters is 4. The summed E-state index contributed by atoms with van der Waals surface area (Å²) < 4.78 is 33.8. The van der Waals surface area contributed by atoms with Gasteiger partial charge in [0.1, 0.15) is 38.6 Å². The first-order chi connectivity index (χ1) is 26.1. The summed E-state index contributed by atoms with van der Waals surface area (Å²) in [7, 11) is 3.09. The monoisotopic (exact) mass is 773 g/mol. The number of nitrogens with zero attached hydrogens (tertiary/aromatic N) is 1. The average molecular weight is 774 g/mol. The first-order valence-corrected chi connectivity index (χ1v) is 19.7. The lowest BCUT2D eigenvalue weighted by atomic mass is 9.82. The van der Waals surface area contributed by atoms with E-state index in [4.69, 9.17) is 33.4 Å². The van der Waals surface area contributed by atoms with Crippen LogP contribution in [0, 0.1) is 23.7 Å². The molecule has 3 aliphatic carbocycles. The van der Waals surface area contributed by atoms with Gasteiger partial charge in [0, 0.05) is 6.42 Å². The largest absolute Gasteiger partial charge is 0.497 e. The highest BCUT2D eigenvalue weighted by Gasteiger charge is 2.35. The molecular formula is C41H43NO10S2. The van der Waals surface area contributed by atoms with Crippen molar-refractivity contribution < 1.29 is 47.6 Å². The van der Waals surface area contributed by atoms with E-state index < -0.39 is 11.9 Å². The van der Waals surface area contributed by atoms with Gasteiger partial charge in [-0.1, -0.05) is 19.2 Å². The maximum atomic E-state index is 13.5. The molecule has 284 valence electrons. The maximum absolute atomic E-state index is 13.5. The van der Waals surface area contributed by atoms with Gasteiger partial charge in [0.2, 0.25) is 0 Å². The van der Waals surface area contributed by atoms with E-state index in [9.17, 15) is 19.2 Å². The molecule has 2 saturated carbocycles. The van der Waals surface area contributed by atoms with Crippen LogP contribution in [-0.2, 0) is 38.1 Å². The first kappa shape index (κ1) is 38.7. The summed E-state index contributed by atoms with van der Waals surface area (Å²) in [6, 6.07) is 7.13. The van der Waals surface area contributed by atoms with Gasteiger partial charge in [-0.3, -0.25) is 19.2 Å². The fourth-order valence-electron chi connectivity index (χ4n) is 6.71. The Labute approximate surface area is 321 Å². The minimum absolute atomic E-state index is 0.182. The Kier molecular flexibility index (Phi) is 12.8. The molecule has 3 aromatic rings. The number of thiophene rings is 1. The van der Waals surface area contributed by atoms with Crippen molar-refractivity contribution in [1.29, 1.82) is 0 Å². The third-order valence-electron chi connectivity index (χ3n) is 9.89. The minimum atomic E-state index is -0.397. The van der Waals surface area contributed by atoms with Crippen LogP contribution < -0.4 is 9.47 Å². The average Bonchev–Trinajstić information content (AvgIpc) is 3.90. The standard InChI is InChI=1S/C41H43NO10S2/c1-24(47-3)7-8-25(2)49-38(43)26-9-13-29(14-10-26)41(46)52-33-22-21-32(35-36(33)54-37(42-35)34-6-5-23-53-34)51-40(45)28-15-11-27(12-16-28)39(44)50-31-19-17-30(48-4)18-20-31/h5-8,17-19,21-23,26-29,31H,1-2,9-16,20H2,3-4H3/b8-7-/t26-,27-,28-,29-,31?. The number of methoxy groups -OCH3 is 2. The lowest BCUT2D eigenvalue weighted by Gasteiger charge is -2.27. The second kappa shape index (κ2) is 17.9. The summed E-state index contributed by atoms with van der Waals surface area (Å²) in [4.78, 5) is 58.2. The second-order valence-electron chi connectivity index (χ2n) is 13.4. The van der Waals surface area contributed by atoms with E-state index in [1.807, 2.05) is 29.7 Å². The number of thiazole rings is 1. The van der Waals surface area contributed by atoms with Crippen molar-refractivity contribution in [2.45, 2.75) is 63.9 Å². The van der Waals surface area contributed by atoms with Crippen molar-refractivity contribution in [3.63, 3.8) is 0 Å². The molecule has 2 heterocycles. The lowest BCUT2D eigenvalue weighted by Crippen LogP contribution is -2.31. The molecule has 0 bridgehead atoms. The summed E-state index contributed by atoms with van der Waals surface area (Å²) in [5.41, 5.74) is 0.431. The van der Waals surface area contributed by atoms with Crippen LogP contribution in [0.5, 0.6) is 11.5 Å². The van der Waals surface area contributed by atoms with Crippen LogP contribution in [0.3, 0.4) is 0 Å². The molecule has 6 rings (SSSR count). The molecule has 1 atom stereocenters. The zero-order chi connectivity index (χ0) is 38.2. The summed E-state index contributed by atoms with van der Waals surface area (Å²) in [6.45, 7) is 7.43. The molecule has 0 amide bonds. The molecule has 0 N–H and O–H groups in total. The van der Waals surface area contributed by atoms with Crippen molar-refractivity contribution in [3.05, 3.63) is 90.5 Å². The quantitative estimate of drug-likeness (QED) is 0.0715. The molecule has 1 aromatic carbocycles. The van der Waals surface area contributed by atoms with E-state index in [0.717, 1.165) is 10.6 Å². The molecule has 11 nitrogen and oxygen atoms in total. The topological polar surface area (TPSA) is 137 Å². The van der Waals surface area contributed by atoms with Gasteiger partial charge >= 0.3 is 23.9 Å².